The largest absolute Gasteiger partial charge is 0.394 e. The van der Waals surface area contributed by atoms with E-state index < -0.39 is 98.7 Å². The molecule has 338 valence electrons. The van der Waals surface area contributed by atoms with Gasteiger partial charge in [0.05, 0.1) is 24.9 Å². The maximum Gasteiger partial charge on any atom is 0.187 e. The summed E-state index contributed by atoms with van der Waals surface area (Å²) in [7, 11) is 0. The Kier molecular flexibility index (Phi) is 12.2. The van der Waals surface area contributed by atoms with Crippen LogP contribution in [0.5, 0.6) is 0 Å². The van der Waals surface area contributed by atoms with Gasteiger partial charge >= 0.3 is 0 Å². The molecule has 9 aliphatic rings. The molecule has 0 radical (unpaired) electrons. The molecule has 9 fully saturated rings. The Hall–Kier alpha value is -0.600. The molecule has 0 aromatic carbocycles. The van der Waals surface area contributed by atoms with Crippen molar-refractivity contribution in [2.24, 2.45) is 46.3 Å². The SMILES string of the molecule is C[C@H]1CCC2CC3C(CC4C5CCC6C[C@@H](O[C@H]7O[C@@H](CO)[C@H](O[C@H]8O[C@H](C)[C@@H](O)[C@H](O)[C@@H]8O)[C@@H](O)[C@@H]7O[C@@H]7O[C@@H](C)[C@H](O)[C@@H](O)[C@H]7O)CC[C@]6(C)C5CC[C@@]43C)N2C1. The molecule has 15 heteroatoms. The Labute approximate surface area is 348 Å². The van der Waals surface area contributed by atoms with Crippen molar-refractivity contribution < 1.29 is 69.3 Å². The highest BCUT2D eigenvalue weighted by molar-refractivity contribution is 5.16. The maximum atomic E-state index is 12.0. The summed E-state index contributed by atoms with van der Waals surface area (Å²) < 4.78 is 36.7. The van der Waals surface area contributed by atoms with Crippen LogP contribution >= 0.6 is 0 Å². The second-order valence-electron chi connectivity index (χ2n) is 21.2. The first-order valence-electron chi connectivity index (χ1n) is 23.1. The van der Waals surface area contributed by atoms with Gasteiger partial charge < -0.3 is 69.3 Å². The fourth-order valence-electron chi connectivity index (χ4n) is 14.7. The van der Waals surface area contributed by atoms with Crippen molar-refractivity contribution in [1.29, 1.82) is 0 Å². The zero-order valence-corrected chi connectivity index (χ0v) is 35.5. The van der Waals surface area contributed by atoms with E-state index in [2.05, 4.69) is 25.7 Å². The van der Waals surface area contributed by atoms with Crippen LogP contribution in [0.4, 0.5) is 0 Å². The van der Waals surface area contributed by atoms with Crippen LogP contribution in [0.3, 0.4) is 0 Å². The van der Waals surface area contributed by atoms with Crippen molar-refractivity contribution in [3.63, 3.8) is 0 Å². The molecule has 0 aromatic heterocycles. The van der Waals surface area contributed by atoms with Crippen LogP contribution in [0.15, 0.2) is 0 Å². The molecule has 9 rings (SSSR count). The van der Waals surface area contributed by atoms with E-state index in [4.69, 9.17) is 28.4 Å². The van der Waals surface area contributed by atoms with Gasteiger partial charge in [0.1, 0.15) is 61.0 Å². The number of aliphatic hydroxyl groups excluding tert-OH is 8. The number of fused-ring (bicyclic) bond motifs is 9. The second kappa shape index (κ2) is 16.4. The smallest absolute Gasteiger partial charge is 0.187 e. The summed E-state index contributed by atoms with van der Waals surface area (Å²) in [5.74, 6) is 4.25. The highest BCUT2D eigenvalue weighted by Crippen LogP contribution is 2.70. The van der Waals surface area contributed by atoms with Gasteiger partial charge in [-0.25, -0.2) is 0 Å². The number of aliphatic hydroxyl groups is 8. The van der Waals surface area contributed by atoms with Gasteiger partial charge in [0, 0.05) is 18.6 Å². The van der Waals surface area contributed by atoms with Crippen LogP contribution in [0.2, 0.25) is 0 Å². The molecule has 0 bridgehead atoms. The third-order valence-corrected chi connectivity index (χ3v) is 18.1. The van der Waals surface area contributed by atoms with Gasteiger partial charge in [0.15, 0.2) is 18.9 Å². The topological polar surface area (TPSA) is 220 Å². The van der Waals surface area contributed by atoms with Crippen molar-refractivity contribution in [1.82, 2.24) is 4.90 Å². The van der Waals surface area contributed by atoms with Crippen LogP contribution in [0.25, 0.3) is 0 Å². The molecule has 5 saturated heterocycles. The first kappa shape index (κ1) is 43.6. The summed E-state index contributed by atoms with van der Waals surface area (Å²) in [6.45, 7) is 11.3. The summed E-state index contributed by atoms with van der Waals surface area (Å²) in [5, 5.41) is 85.9. The summed E-state index contributed by atoms with van der Waals surface area (Å²) >= 11 is 0. The quantitative estimate of drug-likeness (QED) is 0.168. The van der Waals surface area contributed by atoms with Crippen LogP contribution in [0.1, 0.15) is 105 Å². The monoisotopic (exact) mass is 840 g/mol. The predicted octanol–water partition coefficient (Wildman–Crippen LogP) is 1.02. The molecule has 4 saturated carbocycles. The number of piperidine rings is 1. The third-order valence-electron chi connectivity index (χ3n) is 18.1. The third kappa shape index (κ3) is 7.30. The fourth-order valence-corrected chi connectivity index (χ4v) is 14.7. The summed E-state index contributed by atoms with van der Waals surface area (Å²) in [4.78, 5) is 2.95. The lowest BCUT2D eigenvalue weighted by atomic mass is 9.44. The molecule has 4 aliphatic carbocycles. The van der Waals surface area contributed by atoms with E-state index in [0.717, 1.165) is 61.4 Å². The van der Waals surface area contributed by atoms with Gasteiger partial charge in [-0.05, 0) is 131 Å². The molecular weight excluding hydrogens is 766 g/mol. The molecule has 0 aromatic rings. The standard InChI is InChI=1S/C44H73NO14/c1-19-6-8-23-15-28-29(45(23)17-19)16-27-25-9-7-22-14-24(10-12-43(22,4)26(25)11-13-44(27,28)5)56-42-39(59-41-36(52)34(50)32(48)21(3)55-41)37(53)38(30(18-46)57-42)58-40-35(51)33(49)31(47)20(2)54-40/h19-42,46-53H,6-18H2,1-5H3/t19-,20+,21-,22?,23?,24-,25?,26?,27?,28?,29?,30-,31+,32-,33-,34+,35-,36+,37+,38-,39-,40+,41-,42-,43-,44-/m0/s1. The molecule has 15 nitrogen and oxygen atoms in total. The number of rotatable bonds is 7. The second-order valence-corrected chi connectivity index (χ2v) is 21.2. The first-order valence-corrected chi connectivity index (χ1v) is 23.1. The Balaban J connectivity index is 0.905. The maximum absolute atomic E-state index is 12.0. The molecule has 0 spiro atoms. The van der Waals surface area contributed by atoms with Crippen molar-refractivity contribution >= 4 is 0 Å². The van der Waals surface area contributed by atoms with Crippen LogP contribution in [0, 0.1) is 46.3 Å². The number of nitrogens with zero attached hydrogens (tertiary/aromatic N) is 1. The van der Waals surface area contributed by atoms with E-state index in [0.29, 0.717) is 17.3 Å². The Bertz CT molecular complexity index is 1480. The van der Waals surface area contributed by atoms with Gasteiger partial charge in [-0.1, -0.05) is 20.8 Å². The molecular formula is C44H73NO14. The van der Waals surface area contributed by atoms with E-state index >= 15 is 0 Å². The Morgan fingerprint density at radius 2 is 1.22 bits per heavy atom. The molecule has 8 N–H and O–H groups in total. The Morgan fingerprint density at radius 3 is 1.88 bits per heavy atom. The van der Waals surface area contributed by atoms with Crippen molar-refractivity contribution in [3.05, 3.63) is 0 Å². The Morgan fingerprint density at radius 1 is 0.576 bits per heavy atom. The van der Waals surface area contributed by atoms with E-state index in [1.807, 2.05) is 0 Å². The zero-order chi connectivity index (χ0) is 41.9. The minimum Gasteiger partial charge on any atom is -0.394 e. The highest BCUT2D eigenvalue weighted by atomic mass is 16.8. The normalized spacial score (nSPS) is 58.9. The van der Waals surface area contributed by atoms with Gasteiger partial charge in [-0.2, -0.15) is 0 Å². The zero-order valence-electron chi connectivity index (χ0n) is 35.5. The van der Waals surface area contributed by atoms with Crippen molar-refractivity contribution in [2.45, 2.75) is 216 Å². The van der Waals surface area contributed by atoms with Crippen molar-refractivity contribution in [2.75, 3.05) is 13.2 Å². The molecule has 5 aliphatic heterocycles. The molecule has 59 heavy (non-hydrogen) atoms. The highest BCUT2D eigenvalue weighted by Gasteiger charge is 2.65. The summed E-state index contributed by atoms with van der Waals surface area (Å²) in [5.41, 5.74) is 0.611. The minimum atomic E-state index is -1.69. The van der Waals surface area contributed by atoms with E-state index in [-0.39, 0.29) is 11.5 Å². The lowest BCUT2D eigenvalue weighted by Crippen LogP contribution is -2.66. The predicted molar refractivity (Wildman–Crippen MR) is 209 cm³/mol. The van der Waals surface area contributed by atoms with Gasteiger partial charge in [0.2, 0.25) is 0 Å². The summed E-state index contributed by atoms with van der Waals surface area (Å²) in [6.07, 6.45) is -8.27. The first-order chi connectivity index (χ1) is 28.0. The number of ether oxygens (including phenoxy) is 6. The average molecular weight is 840 g/mol. The van der Waals surface area contributed by atoms with Gasteiger partial charge in [-0.3, -0.25) is 4.90 Å². The number of hydrogen-bond donors (Lipinski definition) is 8. The van der Waals surface area contributed by atoms with Crippen LogP contribution in [-0.2, 0) is 28.4 Å². The lowest BCUT2D eigenvalue weighted by Gasteiger charge is -2.61. The molecule has 5 heterocycles. The van der Waals surface area contributed by atoms with Crippen molar-refractivity contribution in [3.8, 4) is 0 Å². The van der Waals surface area contributed by atoms with Gasteiger partial charge in [-0.15, -0.1) is 0 Å². The van der Waals surface area contributed by atoms with Crippen LogP contribution in [-0.4, -0.2) is 169 Å². The van der Waals surface area contributed by atoms with Gasteiger partial charge in [0.25, 0.3) is 0 Å². The summed E-state index contributed by atoms with van der Waals surface area (Å²) in [6, 6.07) is 1.54. The molecule has 7 unspecified atom stereocenters. The molecule has 0 amide bonds. The fraction of sp³-hybridized carbons (Fsp3) is 1.00. The van der Waals surface area contributed by atoms with E-state index in [1.54, 1.807) is 0 Å². The average Bonchev–Trinajstić information content (AvgIpc) is 3.72. The number of hydrogen-bond acceptors (Lipinski definition) is 15. The minimum absolute atomic E-state index is 0.183. The van der Waals surface area contributed by atoms with E-state index in [9.17, 15) is 40.9 Å². The van der Waals surface area contributed by atoms with E-state index in [1.165, 1.54) is 65.3 Å². The van der Waals surface area contributed by atoms with Crippen LogP contribution < -0.4 is 0 Å². The molecule has 26 atom stereocenters. The lowest BCUT2D eigenvalue weighted by molar-refractivity contribution is -0.389.